The van der Waals surface area contributed by atoms with Crippen LogP contribution in [-0.4, -0.2) is 33.3 Å². The minimum absolute atomic E-state index is 0.0770. The second-order valence-electron chi connectivity index (χ2n) is 5.75. The Bertz CT molecular complexity index is 782. The van der Waals surface area contributed by atoms with Crippen LogP contribution in [0.2, 0.25) is 0 Å². The van der Waals surface area contributed by atoms with Crippen molar-refractivity contribution < 1.29 is 27.8 Å². The first-order chi connectivity index (χ1) is 12.9. The van der Waals surface area contributed by atoms with E-state index in [0.717, 1.165) is 0 Å². The predicted octanol–water partition coefficient (Wildman–Crippen LogP) is 3.16. The second-order valence-corrected chi connectivity index (χ2v) is 5.75. The molecule has 0 heterocycles. The lowest BCUT2D eigenvalue weighted by Crippen LogP contribution is -2.37. The van der Waals surface area contributed by atoms with Gasteiger partial charge in [0, 0.05) is 17.7 Å². The molecule has 2 aromatic carbocycles. The zero-order chi connectivity index (χ0) is 20.0. The summed E-state index contributed by atoms with van der Waals surface area (Å²) < 4.78 is 40.9. The Morgan fingerprint density at radius 1 is 1.00 bits per heavy atom. The Balaban J connectivity index is 2.11. The molecule has 0 saturated heterocycles. The van der Waals surface area contributed by atoms with Crippen LogP contribution in [0.25, 0.3) is 0 Å². The van der Waals surface area contributed by atoms with Crippen molar-refractivity contribution in [3.8, 4) is 17.2 Å². The number of carbonyl (C=O) groups is 1. The van der Waals surface area contributed by atoms with Crippen molar-refractivity contribution in [2.75, 3.05) is 26.6 Å². The van der Waals surface area contributed by atoms with Crippen molar-refractivity contribution >= 4 is 11.6 Å². The lowest BCUT2D eigenvalue weighted by atomic mass is 10.0. The molecular weight excluding hydrogens is 358 g/mol. The number of alkyl halides is 2. The van der Waals surface area contributed by atoms with E-state index in [2.05, 4.69) is 5.32 Å². The van der Waals surface area contributed by atoms with Crippen LogP contribution in [0.15, 0.2) is 36.4 Å². The number of methoxy groups -OCH3 is 3. The first-order valence-electron chi connectivity index (χ1n) is 8.13. The van der Waals surface area contributed by atoms with Gasteiger partial charge in [-0.25, -0.2) is 8.78 Å². The summed E-state index contributed by atoms with van der Waals surface area (Å²) in [5, 5.41) is 2.69. The molecule has 1 atom stereocenters. The average Bonchev–Trinajstić information content (AvgIpc) is 2.67. The Kier molecular flexibility index (Phi) is 6.95. The second kappa shape index (κ2) is 9.18. The van der Waals surface area contributed by atoms with E-state index in [1.807, 2.05) is 0 Å². The minimum Gasteiger partial charge on any atom is -0.494 e. The number of nitrogens with two attached hydrogens (primary N) is 1. The summed E-state index contributed by atoms with van der Waals surface area (Å²) in [6.45, 7) is 0. The lowest BCUT2D eigenvalue weighted by molar-refractivity contribution is -0.117. The smallest absolute Gasteiger partial charge is 0.263 e. The van der Waals surface area contributed by atoms with Gasteiger partial charge >= 0.3 is 0 Å². The summed E-state index contributed by atoms with van der Waals surface area (Å²) in [7, 11) is 4.43. The monoisotopic (exact) mass is 380 g/mol. The van der Waals surface area contributed by atoms with Crippen LogP contribution in [0, 0.1) is 0 Å². The zero-order valence-electron chi connectivity index (χ0n) is 15.3. The van der Waals surface area contributed by atoms with Crippen molar-refractivity contribution in [3.05, 3.63) is 47.5 Å². The highest BCUT2D eigenvalue weighted by Crippen LogP contribution is 2.37. The average molecular weight is 380 g/mol. The van der Waals surface area contributed by atoms with Crippen LogP contribution in [0.3, 0.4) is 0 Å². The minimum atomic E-state index is -2.53. The normalized spacial score (nSPS) is 11.8. The number of hydrogen-bond acceptors (Lipinski definition) is 5. The molecule has 1 amide bonds. The van der Waals surface area contributed by atoms with Crippen molar-refractivity contribution in [1.82, 2.24) is 0 Å². The summed E-state index contributed by atoms with van der Waals surface area (Å²) in [6.07, 6.45) is -2.33. The predicted molar refractivity (Wildman–Crippen MR) is 97.8 cm³/mol. The van der Waals surface area contributed by atoms with Crippen LogP contribution in [0.4, 0.5) is 14.5 Å². The standard InChI is InChI=1S/C19H22F2N2O4/c1-25-15-10-17(27-3)16(26-2)9-14(15)23-19(24)13(22)8-11-4-6-12(7-5-11)18(20)21/h4-7,9-10,13,18H,8,22H2,1-3H3,(H,23,24). The van der Waals surface area contributed by atoms with Crippen LogP contribution < -0.4 is 25.3 Å². The summed E-state index contributed by atoms with van der Waals surface area (Å²) in [5.74, 6) is 0.813. The maximum absolute atomic E-state index is 12.6. The van der Waals surface area contributed by atoms with Gasteiger partial charge in [0.2, 0.25) is 5.91 Å². The third kappa shape index (κ3) is 5.07. The highest BCUT2D eigenvalue weighted by atomic mass is 19.3. The summed E-state index contributed by atoms with van der Waals surface area (Å²) in [6, 6.07) is 7.99. The zero-order valence-corrected chi connectivity index (χ0v) is 15.3. The van der Waals surface area contributed by atoms with E-state index in [9.17, 15) is 13.6 Å². The van der Waals surface area contributed by atoms with Gasteiger partial charge in [0.25, 0.3) is 6.43 Å². The molecule has 0 aliphatic heterocycles. The Morgan fingerprint density at radius 2 is 1.56 bits per heavy atom. The first-order valence-corrected chi connectivity index (χ1v) is 8.13. The molecule has 2 aromatic rings. The molecule has 146 valence electrons. The lowest BCUT2D eigenvalue weighted by Gasteiger charge is -2.17. The molecule has 1 unspecified atom stereocenters. The SMILES string of the molecule is COc1cc(OC)c(OC)cc1NC(=O)C(N)Cc1ccc(C(F)F)cc1. The van der Waals surface area contributed by atoms with Gasteiger partial charge in [0.15, 0.2) is 11.5 Å². The van der Waals surface area contributed by atoms with E-state index in [1.54, 1.807) is 12.1 Å². The van der Waals surface area contributed by atoms with Crippen LogP contribution in [0.5, 0.6) is 17.2 Å². The number of nitrogens with one attached hydrogen (secondary N) is 1. The number of hydrogen-bond donors (Lipinski definition) is 2. The van der Waals surface area contributed by atoms with E-state index >= 15 is 0 Å². The van der Waals surface area contributed by atoms with E-state index in [-0.39, 0.29) is 12.0 Å². The fourth-order valence-electron chi connectivity index (χ4n) is 2.50. The molecule has 0 saturated carbocycles. The molecule has 8 heteroatoms. The number of rotatable bonds is 8. The Morgan fingerprint density at radius 3 is 2.07 bits per heavy atom. The molecule has 2 rings (SSSR count). The topological polar surface area (TPSA) is 82.8 Å². The van der Waals surface area contributed by atoms with Gasteiger partial charge in [-0.05, 0) is 12.0 Å². The molecule has 3 N–H and O–H groups in total. The number of halogens is 2. The molecule has 6 nitrogen and oxygen atoms in total. The van der Waals surface area contributed by atoms with Crippen LogP contribution in [-0.2, 0) is 11.2 Å². The molecule has 0 aliphatic rings. The van der Waals surface area contributed by atoms with Gasteiger partial charge in [-0.2, -0.15) is 0 Å². The third-order valence-electron chi connectivity index (χ3n) is 3.99. The third-order valence-corrected chi connectivity index (χ3v) is 3.99. The fourth-order valence-corrected chi connectivity index (χ4v) is 2.50. The molecule has 0 bridgehead atoms. The van der Waals surface area contributed by atoms with Gasteiger partial charge in [0.1, 0.15) is 5.75 Å². The number of benzene rings is 2. The molecule has 0 radical (unpaired) electrons. The van der Waals surface area contributed by atoms with Gasteiger partial charge in [0.05, 0.1) is 33.1 Å². The van der Waals surface area contributed by atoms with E-state index in [0.29, 0.717) is 28.5 Å². The van der Waals surface area contributed by atoms with Crippen molar-refractivity contribution in [2.45, 2.75) is 18.9 Å². The molecule has 27 heavy (non-hydrogen) atoms. The first kappa shape index (κ1) is 20.4. The number of carbonyl (C=O) groups excluding carboxylic acids is 1. The van der Waals surface area contributed by atoms with Gasteiger partial charge < -0.3 is 25.3 Å². The summed E-state index contributed by atoms with van der Waals surface area (Å²) in [4.78, 5) is 12.4. The summed E-state index contributed by atoms with van der Waals surface area (Å²) >= 11 is 0. The van der Waals surface area contributed by atoms with E-state index in [1.165, 1.54) is 45.6 Å². The molecule has 0 aromatic heterocycles. The van der Waals surface area contributed by atoms with Crippen molar-refractivity contribution in [3.63, 3.8) is 0 Å². The Labute approximate surface area is 156 Å². The maximum atomic E-state index is 12.6. The van der Waals surface area contributed by atoms with Crippen LogP contribution in [0.1, 0.15) is 17.6 Å². The van der Waals surface area contributed by atoms with Crippen LogP contribution >= 0.6 is 0 Å². The van der Waals surface area contributed by atoms with Crippen molar-refractivity contribution in [1.29, 1.82) is 0 Å². The van der Waals surface area contributed by atoms with Gasteiger partial charge in [-0.3, -0.25) is 4.79 Å². The maximum Gasteiger partial charge on any atom is 0.263 e. The van der Waals surface area contributed by atoms with Gasteiger partial charge in [-0.1, -0.05) is 24.3 Å². The highest BCUT2D eigenvalue weighted by molar-refractivity contribution is 5.96. The summed E-state index contributed by atoms with van der Waals surface area (Å²) in [5.41, 5.74) is 6.94. The molecule has 0 aliphatic carbocycles. The number of amides is 1. The Hall–Kier alpha value is -2.87. The van der Waals surface area contributed by atoms with E-state index < -0.39 is 18.4 Å². The number of ether oxygens (including phenoxy) is 3. The number of anilines is 1. The highest BCUT2D eigenvalue weighted by Gasteiger charge is 2.19. The van der Waals surface area contributed by atoms with E-state index in [4.69, 9.17) is 19.9 Å². The molecular formula is C19H22F2N2O4. The van der Waals surface area contributed by atoms with Gasteiger partial charge in [-0.15, -0.1) is 0 Å². The molecule has 0 fully saturated rings. The quantitative estimate of drug-likeness (QED) is 0.735. The van der Waals surface area contributed by atoms with Crippen molar-refractivity contribution in [2.24, 2.45) is 5.73 Å². The fraction of sp³-hybridized carbons (Fsp3) is 0.316. The largest absolute Gasteiger partial charge is 0.494 e. The molecule has 0 spiro atoms.